The number of carboxylic acids is 1. The van der Waals surface area contributed by atoms with Crippen molar-refractivity contribution in [3.8, 4) is 0 Å². The molecule has 1 aromatic heterocycles. The van der Waals surface area contributed by atoms with E-state index in [4.69, 9.17) is 5.11 Å². The fraction of sp³-hybridized carbons (Fsp3) is 0.455. The van der Waals surface area contributed by atoms with Crippen molar-refractivity contribution in [2.75, 3.05) is 19.6 Å². The molecule has 0 saturated heterocycles. The van der Waals surface area contributed by atoms with E-state index in [0.717, 1.165) is 16.2 Å². The SMILES string of the molecule is CCCN(CC(=O)O)C(=O)CNS(=O)(=O)c1cccs1. The summed E-state index contributed by atoms with van der Waals surface area (Å²) in [5.41, 5.74) is 0. The lowest BCUT2D eigenvalue weighted by atomic mass is 10.4. The lowest BCUT2D eigenvalue weighted by Gasteiger charge is -2.19. The molecule has 0 atom stereocenters. The Morgan fingerprint density at radius 1 is 1.45 bits per heavy atom. The molecule has 0 fully saturated rings. The zero-order valence-electron chi connectivity index (χ0n) is 10.9. The molecule has 0 unspecified atom stereocenters. The molecule has 112 valence electrons. The van der Waals surface area contributed by atoms with Crippen LogP contribution in [0.2, 0.25) is 0 Å². The van der Waals surface area contributed by atoms with Crippen LogP contribution < -0.4 is 4.72 Å². The lowest BCUT2D eigenvalue weighted by Crippen LogP contribution is -2.42. The van der Waals surface area contributed by atoms with Gasteiger partial charge in [0.1, 0.15) is 10.8 Å². The van der Waals surface area contributed by atoms with Gasteiger partial charge in [-0.3, -0.25) is 9.59 Å². The maximum absolute atomic E-state index is 11.8. The van der Waals surface area contributed by atoms with E-state index in [1.807, 2.05) is 0 Å². The van der Waals surface area contributed by atoms with Crippen molar-refractivity contribution in [2.24, 2.45) is 0 Å². The van der Waals surface area contributed by atoms with Crippen LogP contribution in [0.4, 0.5) is 0 Å². The van der Waals surface area contributed by atoms with Gasteiger partial charge in [-0.15, -0.1) is 11.3 Å². The number of sulfonamides is 1. The largest absolute Gasteiger partial charge is 0.480 e. The summed E-state index contributed by atoms with van der Waals surface area (Å²) in [5, 5.41) is 10.3. The number of carbonyl (C=O) groups excluding carboxylic acids is 1. The Labute approximate surface area is 121 Å². The van der Waals surface area contributed by atoms with E-state index >= 15 is 0 Å². The summed E-state index contributed by atoms with van der Waals surface area (Å²) < 4.78 is 25.9. The molecule has 0 aliphatic rings. The van der Waals surface area contributed by atoms with Crippen LogP contribution >= 0.6 is 11.3 Å². The van der Waals surface area contributed by atoms with Gasteiger partial charge < -0.3 is 10.0 Å². The third-order valence-electron chi connectivity index (χ3n) is 2.35. The number of hydrogen-bond acceptors (Lipinski definition) is 5. The number of carbonyl (C=O) groups is 2. The molecular weight excluding hydrogens is 304 g/mol. The van der Waals surface area contributed by atoms with E-state index in [1.165, 1.54) is 6.07 Å². The zero-order chi connectivity index (χ0) is 15.2. The van der Waals surface area contributed by atoms with Crippen molar-refractivity contribution in [1.82, 2.24) is 9.62 Å². The van der Waals surface area contributed by atoms with Crippen LogP contribution in [0.3, 0.4) is 0 Å². The van der Waals surface area contributed by atoms with E-state index in [9.17, 15) is 18.0 Å². The minimum absolute atomic E-state index is 0.116. The first-order chi connectivity index (χ1) is 9.36. The van der Waals surface area contributed by atoms with Crippen molar-refractivity contribution >= 4 is 33.2 Å². The number of hydrogen-bond donors (Lipinski definition) is 2. The molecule has 20 heavy (non-hydrogen) atoms. The molecule has 0 radical (unpaired) electrons. The van der Waals surface area contributed by atoms with Crippen molar-refractivity contribution in [2.45, 2.75) is 17.6 Å². The molecule has 1 aromatic rings. The third kappa shape index (κ3) is 4.91. The summed E-state index contributed by atoms with van der Waals surface area (Å²) in [6.45, 7) is 1.19. The van der Waals surface area contributed by atoms with E-state index in [1.54, 1.807) is 18.4 Å². The Hall–Kier alpha value is -1.45. The maximum Gasteiger partial charge on any atom is 0.323 e. The topological polar surface area (TPSA) is 104 Å². The van der Waals surface area contributed by atoms with Crippen LogP contribution in [0.1, 0.15) is 13.3 Å². The summed E-state index contributed by atoms with van der Waals surface area (Å²) in [4.78, 5) is 23.6. The highest BCUT2D eigenvalue weighted by Gasteiger charge is 2.20. The first-order valence-electron chi connectivity index (χ1n) is 5.89. The van der Waals surface area contributed by atoms with Gasteiger partial charge in [0.2, 0.25) is 5.91 Å². The molecule has 0 aromatic carbocycles. The highest BCUT2D eigenvalue weighted by molar-refractivity contribution is 7.91. The van der Waals surface area contributed by atoms with E-state index in [0.29, 0.717) is 6.42 Å². The number of carboxylic acid groups (broad SMARTS) is 1. The number of nitrogens with one attached hydrogen (secondary N) is 1. The Bertz CT molecular complexity index is 553. The molecule has 0 aliphatic heterocycles. The van der Waals surface area contributed by atoms with E-state index in [-0.39, 0.29) is 10.8 Å². The Morgan fingerprint density at radius 2 is 2.15 bits per heavy atom. The monoisotopic (exact) mass is 320 g/mol. The van der Waals surface area contributed by atoms with Crippen LogP contribution in [0.5, 0.6) is 0 Å². The summed E-state index contributed by atoms with van der Waals surface area (Å²) in [6.07, 6.45) is 0.594. The second-order valence-corrected chi connectivity index (χ2v) is 6.91. The first-order valence-corrected chi connectivity index (χ1v) is 8.26. The molecule has 0 bridgehead atoms. The highest BCUT2D eigenvalue weighted by atomic mass is 32.2. The third-order valence-corrected chi connectivity index (χ3v) is 5.14. The number of aliphatic carboxylic acids is 1. The summed E-state index contributed by atoms with van der Waals surface area (Å²) in [6, 6.07) is 3.02. The van der Waals surface area contributed by atoms with Crippen LogP contribution in [0.25, 0.3) is 0 Å². The standard InChI is InChI=1S/C11H16N2O5S2/c1-2-5-13(8-10(15)16)9(14)7-12-20(17,18)11-4-3-6-19-11/h3-4,6,12H,2,5,7-8H2,1H3,(H,15,16). The van der Waals surface area contributed by atoms with Crippen LogP contribution in [-0.2, 0) is 19.6 Å². The molecule has 9 heteroatoms. The maximum atomic E-state index is 11.8. The predicted octanol–water partition coefficient (Wildman–Crippen LogP) is 0.350. The molecule has 7 nitrogen and oxygen atoms in total. The molecular formula is C11H16N2O5S2. The van der Waals surface area contributed by atoms with Gasteiger partial charge in [-0.25, -0.2) is 13.1 Å². The fourth-order valence-corrected chi connectivity index (χ4v) is 3.49. The molecule has 1 rings (SSSR count). The van der Waals surface area contributed by atoms with Crippen molar-refractivity contribution in [3.63, 3.8) is 0 Å². The van der Waals surface area contributed by atoms with Gasteiger partial charge >= 0.3 is 5.97 Å². The molecule has 0 aliphatic carbocycles. The lowest BCUT2D eigenvalue weighted by molar-refractivity contribution is -0.144. The van der Waals surface area contributed by atoms with E-state index < -0.39 is 35.0 Å². The Kier molecular flexibility index (Phi) is 6.11. The van der Waals surface area contributed by atoms with Gasteiger partial charge in [0, 0.05) is 6.54 Å². The van der Waals surface area contributed by atoms with Crippen molar-refractivity contribution in [3.05, 3.63) is 17.5 Å². The summed E-state index contributed by atoms with van der Waals surface area (Å²) >= 11 is 1.04. The van der Waals surface area contributed by atoms with Gasteiger partial charge in [-0.1, -0.05) is 13.0 Å². The Morgan fingerprint density at radius 3 is 2.65 bits per heavy atom. The summed E-state index contributed by atoms with van der Waals surface area (Å²) in [7, 11) is -3.72. The van der Waals surface area contributed by atoms with Gasteiger partial charge in [0.05, 0.1) is 6.54 Å². The predicted molar refractivity (Wildman–Crippen MR) is 74.0 cm³/mol. The molecule has 0 saturated carbocycles. The highest BCUT2D eigenvalue weighted by Crippen LogP contribution is 2.14. The average molecular weight is 320 g/mol. The average Bonchev–Trinajstić information content (AvgIpc) is 2.89. The van der Waals surface area contributed by atoms with Crippen LogP contribution in [0, 0.1) is 0 Å². The van der Waals surface area contributed by atoms with Gasteiger partial charge in [0.15, 0.2) is 0 Å². The van der Waals surface area contributed by atoms with Gasteiger partial charge in [-0.05, 0) is 17.9 Å². The second kappa shape index (κ2) is 7.36. The number of thiophene rings is 1. The minimum atomic E-state index is -3.72. The van der Waals surface area contributed by atoms with Crippen LogP contribution in [0.15, 0.2) is 21.7 Å². The summed E-state index contributed by atoms with van der Waals surface area (Å²) in [5.74, 6) is -1.69. The van der Waals surface area contributed by atoms with Crippen molar-refractivity contribution < 1.29 is 23.1 Å². The molecule has 1 heterocycles. The first kappa shape index (κ1) is 16.6. The molecule has 0 spiro atoms. The minimum Gasteiger partial charge on any atom is -0.480 e. The quantitative estimate of drug-likeness (QED) is 0.719. The smallest absolute Gasteiger partial charge is 0.323 e. The fourth-order valence-electron chi connectivity index (χ4n) is 1.48. The molecule has 1 amide bonds. The van der Waals surface area contributed by atoms with Crippen molar-refractivity contribution in [1.29, 1.82) is 0 Å². The number of nitrogens with zero attached hydrogens (tertiary/aromatic N) is 1. The van der Waals surface area contributed by atoms with Crippen LogP contribution in [-0.4, -0.2) is 49.9 Å². The Balaban J connectivity index is 2.63. The van der Waals surface area contributed by atoms with Gasteiger partial charge in [-0.2, -0.15) is 0 Å². The normalized spacial score (nSPS) is 11.2. The second-order valence-electron chi connectivity index (χ2n) is 3.97. The van der Waals surface area contributed by atoms with Gasteiger partial charge in [0.25, 0.3) is 10.0 Å². The zero-order valence-corrected chi connectivity index (χ0v) is 12.5. The number of rotatable bonds is 8. The van der Waals surface area contributed by atoms with E-state index in [2.05, 4.69) is 4.72 Å². The molecule has 2 N–H and O–H groups in total. The number of amides is 1.